The zero-order valence-corrected chi connectivity index (χ0v) is 10.6. The van der Waals surface area contributed by atoms with E-state index in [1.54, 1.807) is 6.20 Å². The van der Waals surface area contributed by atoms with Gasteiger partial charge in [0.05, 0.1) is 4.47 Å². The number of hydrogen-bond donors (Lipinski definition) is 0. The van der Waals surface area contributed by atoms with E-state index in [2.05, 4.69) is 37.8 Å². The van der Waals surface area contributed by atoms with Crippen molar-refractivity contribution >= 4 is 21.8 Å². The molecule has 1 aromatic rings. The Kier molecular flexibility index (Phi) is 3.50. The zero-order chi connectivity index (χ0) is 11.5. The van der Waals surface area contributed by atoms with E-state index in [4.69, 9.17) is 0 Å². The molecule has 2 rings (SSSR count). The number of carbonyl (C=O) groups is 1. The van der Waals surface area contributed by atoms with Crippen LogP contribution in [-0.4, -0.2) is 58.9 Å². The summed E-state index contributed by atoms with van der Waals surface area (Å²) in [6.45, 7) is 3.33. The van der Waals surface area contributed by atoms with Crippen LogP contribution < -0.4 is 0 Å². The maximum Gasteiger partial charge on any atom is 0.273 e. The minimum absolute atomic E-state index is 0.0256. The van der Waals surface area contributed by atoms with Gasteiger partial charge in [-0.15, -0.1) is 0 Å². The lowest BCUT2D eigenvalue weighted by atomic mass is 10.3. The fourth-order valence-electron chi connectivity index (χ4n) is 1.63. The Balaban J connectivity index is 2.11. The fourth-order valence-corrected chi connectivity index (χ4v) is 2.02. The maximum absolute atomic E-state index is 12.1. The SMILES string of the molecule is CN1CCN(C(=O)c2ncncc2Br)CC1. The van der Waals surface area contributed by atoms with E-state index in [0.717, 1.165) is 26.2 Å². The molecule has 0 aliphatic carbocycles. The molecule has 86 valence electrons. The van der Waals surface area contributed by atoms with Gasteiger partial charge in [0.15, 0.2) is 0 Å². The van der Waals surface area contributed by atoms with Gasteiger partial charge >= 0.3 is 0 Å². The smallest absolute Gasteiger partial charge is 0.273 e. The number of piperazine rings is 1. The molecule has 0 unspecified atom stereocenters. The van der Waals surface area contributed by atoms with Crippen molar-refractivity contribution in [3.8, 4) is 0 Å². The molecule has 1 saturated heterocycles. The molecule has 2 heterocycles. The highest BCUT2D eigenvalue weighted by Gasteiger charge is 2.22. The molecule has 1 amide bonds. The number of likely N-dealkylation sites (N-methyl/N-ethyl adjacent to an activating group) is 1. The second-order valence-electron chi connectivity index (χ2n) is 3.81. The average Bonchev–Trinajstić information content (AvgIpc) is 2.30. The number of amides is 1. The summed E-state index contributed by atoms with van der Waals surface area (Å²) in [7, 11) is 2.06. The minimum atomic E-state index is -0.0256. The fraction of sp³-hybridized carbons (Fsp3) is 0.500. The van der Waals surface area contributed by atoms with Crippen LogP contribution in [0.15, 0.2) is 17.0 Å². The van der Waals surface area contributed by atoms with E-state index < -0.39 is 0 Å². The van der Waals surface area contributed by atoms with Crippen LogP contribution in [-0.2, 0) is 0 Å². The lowest BCUT2D eigenvalue weighted by molar-refractivity contribution is 0.0657. The molecular formula is C10H13BrN4O. The van der Waals surface area contributed by atoms with Crippen molar-refractivity contribution in [2.75, 3.05) is 33.2 Å². The summed E-state index contributed by atoms with van der Waals surface area (Å²) in [5.74, 6) is -0.0256. The number of carbonyl (C=O) groups excluding carboxylic acids is 1. The molecule has 5 nitrogen and oxygen atoms in total. The minimum Gasteiger partial charge on any atom is -0.335 e. The standard InChI is InChI=1S/C10H13BrN4O/c1-14-2-4-15(5-3-14)10(16)9-8(11)6-12-7-13-9/h6-7H,2-5H2,1H3. The molecule has 1 fully saturated rings. The maximum atomic E-state index is 12.1. The number of rotatable bonds is 1. The Morgan fingerprint density at radius 1 is 1.38 bits per heavy atom. The highest BCUT2D eigenvalue weighted by molar-refractivity contribution is 9.10. The van der Waals surface area contributed by atoms with E-state index in [1.807, 2.05) is 4.90 Å². The Labute approximate surface area is 103 Å². The predicted molar refractivity (Wildman–Crippen MR) is 63.1 cm³/mol. The Morgan fingerprint density at radius 2 is 2.06 bits per heavy atom. The predicted octanol–water partition coefficient (Wildman–Crippen LogP) is 0.627. The Morgan fingerprint density at radius 3 is 2.69 bits per heavy atom. The van der Waals surface area contributed by atoms with Crippen LogP contribution in [0.2, 0.25) is 0 Å². The summed E-state index contributed by atoms with van der Waals surface area (Å²) >= 11 is 3.29. The second kappa shape index (κ2) is 4.88. The number of nitrogens with zero attached hydrogens (tertiary/aromatic N) is 4. The van der Waals surface area contributed by atoms with Crippen molar-refractivity contribution in [3.05, 3.63) is 22.7 Å². The van der Waals surface area contributed by atoms with Crippen LogP contribution in [0, 0.1) is 0 Å². The van der Waals surface area contributed by atoms with Gasteiger partial charge in [0.2, 0.25) is 0 Å². The lowest BCUT2D eigenvalue weighted by Gasteiger charge is -2.32. The molecule has 0 atom stereocenters. The normalized spacial score (nSPS) is 17.5. The third-order valence-corrected chi connectivity index (χ3v) is 3.24. The van der Waals surface area contributed by atoms with Crippen LogP contribution >= 0.6 is 15.9 Å². The molecule has 1 aromatic heterocycles. The Hall–Kier alpha value is -1.01. The van der Waals surface area contributed by atoms with E-state index in [0.29, 0.717) is 10.2 Å². The monoisotopic (exact) mass is 284 g/mol. The van der Waals surface area contributed by atoms with E-state index in [9.17, 15) is 4.79 Å². The van der Waals surface area contributed by atoms with Crippen LogP contribution in [0.5, 0.6) is 0 Å². The lowest BCUT2D eigenvalue weighted by Crippen LogP contribution is -2.47. The molecule has 1 aliphatic heterocycles. The van der Waals surface area contributed by atoms with Crippen molar-refractivity contribution in [1.29, 1.82) is 0 Å². The third-order valence-electron chi connectivity index (χ3n) is 2.66. The largest absolute Gasteiger partial charge is 0.335 e. The van der Waals surface area contributed by atoms with Crippen molar-refractivity contribution < 1.29 is 4.79 Å². The van der Waals surface area contributed by atoms with Gasteiger partial charge in [-0.3, -0.25) is 4.79 Å². The van der Waals surface area contributed by atoms with E-state index >= 15 is 0 Å². The molecule has 0 bridgehead atoms. The van der Waals surface area contributed by atoms with Crippen LogP contribution in [0.4, 0.5) is 0 Å². The second-order valence-corrected chi connectivity index (χ2v) is 4.67. The molecule has 16 heavy (non-hydrogen) atoms. The molecule has 0 saturated carbocycles. The van der Waals surface area contributed by atoms with E-state index in [-0.39, 0.29) is 5.91 Å². The van der Waals surface area contributed by atoms with Gasteiger partial charge in [-0.1, -0.05) is 0 Å². The van der Waals surface area contributed by atoms with Gasteiger partial charge in [0.25, 0.3) is 5.91 Å². The van der Waals surface area contributed by atoms with Gasteiger partial charge in [0, 0.05) is 32.4 Å². The molecule has 6 heteroatoms. The van der Waals surface area contributed by atoms with Crippen LogP contribution in [0.1, 0.15) is 10.5 Å². The molecular weight excluding hydrogens is 272 g/mol. The molecule has 0 aromatic carbocycles. The number of hydrogen-bond acceptors (Lipinski definition) is 4. The number of aromatic nitrogens is 2. The summed E-state index contributed by atoms with van der Waals surface area (Å²) in [6.07, 6.45) is 2.99. The first-order valence-corrected chi connectivity index (χ1v) is 5.91. The Bertz CT molecular complexity index is 390. The summed E-state index contributed by atoms with van der Waals surface area (Å²) in [5, 5.41) is 0. The van der Waals surface area contributed by atoms with Crippen molar-refractivity contribution in [1.82, 2.24) is 19.8 Å². The zero-order valence-electron chi connectivity index (χ0n) is 9.06. The first-order chi connectivity index (χ1) is 7.68. The van der Waals surface area contributed by atoms with Crippen LogP contribution in [0.3, 0.4) is 0 Å². The first kappa shape index (κ1) is 11.5. The van der Waals surface area contributed by atoms with Gasteiger partial charge in [-0.25, -0.2) is 9.97 Å². The quantitative estimate of drug-likeness (QED) is 0.759. The third kappa shape index (κ3) is 2.38. The van der Waals surface area contributed by atoms with E-state index in [1.165, 1.54) is 6.33 Å². The van der Waals surface area contributed by atoms with Gasteiger partial charge in [-0.05, 0) is 23.0 Å². The van der Waals surface area contributed by atoms with Crippen LogP contribution in [0.25, 0.3) is 0 Å². The molecule has 0 radical (unpaired) electrons. The summed E-state index contributed by atoms with van der Waals surface area (Å²) in [4.78, 5) is 24.0. The van der Waals surface area contributed by atoms with Crippen molar-refractivity contribution in [3.63, 3.8) is 0 Å². The van der Waals surface area contributed by atoms with Gasteiger partial charge in [-0.2, -0.15) is 0 Å². The molecule has 0 N–H and O–H groups in total. The van der Waals surface area contributed by atoms with Crippen molar-refractivity contribution in [2.45, 2.75) is 0 Å². The highest BCUT2D eigenvalue weighted by atomic mass is 79.9. The summed E-state index contributed by atoms with van der Waals surface area (Å²) < 4.78 is 0.652. The summed E-state index contributed by atoms with van der Waals surface area (Å²) in [6, 6.07) is 0. The van der Waals surface area contributed by atoms with Gasteiger partial charge in [0.1, 0.15) is 12.0 Å². The van der Waals surface area contributed by atoms with Gasteiger partial charge < -0.3 is 9.80 Å². The average molecular weight is 285 g/mol. The van der Waals surface area contributed by atoms with Crippen molar-refractivity contribution in [2.24, 2.45) is 0 Å². The summed E-state index contributed by atoms with van der Waals surface area (Å²) in [5.41, 5.74) is 0.444. The molecule has 0 spiro atoms. The first-order valence-electron chi connectivity index (χ1n) is 5.12. The number of halogens is 1. The topological polar surface area (TPSA) is 49.3 Å². The molecule has 1 aliphatic rings. The highest BCUT2D eigenvalue weighted by Crippen LogP contribution is 2.15.